The third-order valence-corrected chi connectivity index (χ3v) is 4.54. The summed E-state index contributed by atoms with van der Waals surface area (Å²) in [5, 5.41) is 7.56. The molecule has 0 bridgehead atoms. The Balaban J connectivity index is 1.47. The summed E-state index contributed by atoms with van der Waals surface area (Å²) < 4.78 is 6.72. The summed E-state index contributed by atoms with van der Waals surface area (Å²) in [5.41, 5.74) is 0.491. The molecule has 0 spiro atoms. The van der Waals surface area contributed by atoms with Crippen molar-refractivity contribution in [1.82, 2.24) is 19.7 Å². The highest BCUT2D eigenvalue weighted by Gasteiger charge is 2.18. The van der Waals surface area contributed by atoms with Gasteiger partial charge in [-0.1, -0.05) is 18.2 Å². The van der Waals surface area contributed by atoms with Crippen LogP contribution in [-0.4, -0.2) is 57.8 Å². The number of carbonyl (C=O) groups is 2. The zero-order chi connectivity index (χ0) is 19.5. The van der Waals surface area contributed by atoms with Crippen LogP contribution in [0.2, 0.25) is 0 Å². The monoisotopic (exact) mass is 381 g/mol. The number of para-hydroxylation sites is 1. The molecule has 3 aromatic rings. The summed E-state index contributed by atoms with van der Waals surface area (Å²) in [6.07, 6.45) is 1.63. The van der Waals surface area contributed by atoms with Crippen molar-refractivity contribution in [3.05, 3.63) is 58.5 Å². The van der Waals surface area contributed by atoms with Crippen LogP contribution < -0.4 is 10.9 Å². The lowest BCUT2D eigenvalue weighted by Crippen LogP contribution is -2.42. The van der Waals surface area contributed by atoms with E-state index >= 15 is 0 Å². The molecule has 144 valence electrons. The van der Waals surface area contributed by atoms with Gasteiger partial charge in [-0.05, 0) is 6.07 Å². The largest absolute Gasteiger partial charge is 0.378 e. The molecule has 9 nitrogen and oxygen atoms in total. The zero-order valence-electron chi connectivity index (χ0n) is 15.1. The van der Waals surface area contributed by atoms with Crippen molar-refractivity contribution in [3.8, 4) is 0 Å². The van der Waals surface area contributed by atoms with Crippen LogP contribution in [0, 0.1) is 0 Å². The fourth-order valence-electron chi connectivity index (χ4n) is 3.14. The van der Waals surface area contributed by atoms with Gasteiger partial charge in [-0.15, -0.1) is 0 Å². The van der Waals surface area contributed by atoms with Gasteiger partial charge < -0.3 is 19.9 Å². The Hall–Kier alpha value is -3.46. The zero-order valence-corrected chi connectivity index (χ0v) is 15.1. The van der Waals surface area contributed by atoms with Gasteiger partial charge in [0.2, 0.25) is 11.5 Å². The third kappa shape index (κ3) is 3.79. The van der Waals surface area contributed by atoms with Crippen LogP contribution in [0.1, 0.15) is 10.4 Å². The minimum absolute atomic E-state index is 0.0511. The van der Waals surface area contributed by atoms with Crippen LogP contribution in [0.15, 0.2) is 47.4 Å². The van der Waals surface area contributed by atoms with Gasteiger partial charge in [0.15, 0.2) is 5.82 Å². The van der Waals surface area contributed by atoms with Crippen LogP contribution in [0.25, 0.3) is 10.9 Å². The van der Waals surface area contributed by atoms with E-state index in [2.05, 4.69) is 15.4 Å². The number of ether oxygens (including phenoxy) is 1. The van der Waals surface area contributed by atoms with Crippen molar-refractivity contribution in [2.24, 2.45) is 0 Å². The highest BCUT2D eigenvalue weighted by molar-refractivity contribution is 6.11. The molecule has 1 saturated heterocycles. The van der Waals surface area contributed by atoms with E-state index in [9.17, 15) is 14.4 Å². The highest BCUT2D eigenvalue weighted by atomic mass is 16.5. The molecule has 0 atom stereocenters. The number of anilines is 1. The molecule has 3 heterocycles. The number of amides is 2. The molecular formula is C19H19N5O4. The van der Waals surface area contributed by atoms with Crippen molar-refractivity contribution < 1.29 is 14.3 Å². The van der Waals surface area contributed by atoms with Gasteiger partial charge in [0, 0.05) is 42.3 Å². The summed E-state index contributed by atoms with van der Waals surface area (Å²) in [6, 6.07) is 9.95. The molecule has 2 aromatic heterocycles. The number of benzene rings is 1. The van der Waals surface area contributed by atoms with E-state index < -0.39 is 5.91 Å². The van der Waals surface area contributed by atoms with Crippen molar-refractivity contribution in [1.29, 1.82) is 0 Å². The van der Waals surface area contributed by atoms with Crippen molar-refractivity contribution in [2.75, 3.05) is 31.6 Å². The fraction of sp³-hybridized carbons (Fsp3) is 0.263. The number of H-pyrrole nitrogens is 1. The standard InChI is InChI=1S/C19H19N5O4/c25-17-11-14(13-3-1-2-4-15(13)20-17)19(27)21-16-5-6-24(22-16)12-18(26)23-7-9-28-10-8-23/h1-6,11H,7-10,12H2,(H,20,25)(H,21,22,27). The number of nitrogens with zero attached hydrogens (tertiary/aromatic N) is 3. The molecule has 0 aliphatic carbocycles. The molecule has 2 amide bonds. The molecule has 0 saturated carbocycles. The van der Waals surface area contributed by atoms with Crippen molar-refractivity contribution in [3.63, 3.8) is 0 Å². The van der Waals surface area contributed by atoms with Crippen LogP contribution >= 0.6 is 0 Å². The van der Waals surface area contributed by atoms with Gasteiger partial charge in [-0.2, -0.15) is 5.10 Å². The Bertz CT molecular complexity index is 1080. The normalized spacial score (nSPS) is 14.2. The number of carbonyl (C=O) groups excluding carboxylic acids is 2. The van der Waals surface area contributed by atoms with E-state index in [-0.39, 0.29) is 23.6 Å². The van der Waals surface area contributed by atoms with E-state index in [4.69, 9.17) is 4.74 Å². The highest BCUT2D eigenvalue weighted by Crippen LogP contribution is 2.16. The van der Waals surface area contributed by atoms with E-state index in [1.165, 1.54) is 10.7 Å². The molecule has 28 heavy (non-hydrogen) atoms. The number of fused-ring (bicyclic) bond motifs is 1. The maximum Gasteiger partial charge on any atom is 0.257 e. The Morgan fingerprint density at radius 3 is 2.79 bits per heavy atom. The van der Waals surface area contributed by atoms with Gasteiger partial charge >= 0.3 is 0 Å². The average Bonchev–Trinajstić information content (AvgIpc) is 3.14. The second kappa shape index (κ2) is 7.65. The Kier molecular flexibility index (Phi) is 4.90. The van der Waals surface area contributed by atoms with Gasteiger partial charge in [-0.25, -0.2) is 0 Å². The van der Waals surface area contributed by atoms with Crippen LogP contribution in [0.5, 0.6) is 0 Å². The first kappa shape index (κ1) is 17.9. The number of morpholine rings is 1. The van der Waals surface area contributed by atoms with Crippen molar-refractivity contribution >= 4 is 28.5 Å². The van der Waals surface area contributed by atoms with E-state index in [0.29, 0.717) is 43.0 Å². The second-order valence-electron chi connectivity index (χ2n) is 6.44. The van der Waals surface area contributed by atoms with Crippen molar-refractivity contribution in [2.45, 2.75) is 6.54 Å². The molecule has 0 radical (unpaired) electrons. The molecule has 4 rings (SSSR count). The third-order valence-electron chi connectivity index (χ3n) is 4.54. The number of pyridine rings is 1. The smallest absolute Gasteiger partial charge is 0.257 e. The average molecular weight is 381 g/mol. The first-order chi connectivity index (χ1) is 13.6. The Labute approximate surface area is 159 Å². The molecular weight excluding hydrogens is 362 g/mol. The number of hydrogen-bond acceptors (Lipinski definition) is 5. The van der Waals surface area contributed by atoms with Gasteiger partial charge in [0.05, 0.1) is 18.8 Å². The Morgan fingerprint density at radius 2 is 1.96 bits per heavy atom. The maximum absolute atomic E-state index is 12.7. The molecule has 1 aromatic carbocycles. The van der Waals surface area contributed by atoms with Gasteiger partial charge in [-0.3, -0.25) is 19.1 Å². The minimum atomic E-state index is -0.438. The summed E-state index contributed by atoms with van der Waals surface area (Å²) >= 11 is 0. The quantitative estimate of drug-likeness (QED) is 0.696. The lowest BCUT2D eigenvalue weighted by atomic mass is 10.1. The van der Waals surface area contributed by atoms with E-state index in [0.717, 1.165) is 0 Å². The molecule has 2 N–H and O–H groups in total. The van der Waals surface area contributed by atoms with Gasteiger partial charge in [0.25, 0.3) is 5.91 Å². The van der Waals surface area contributed by atoms with Crippen LogP contribution in [-0.2, 0) is 16.1 Å². The second-order valence-corrected chi connectivity index (χ2v) is 6.44. The molecule has 0 unspecified atom stereocenters. The minimum Gasteiger partial charge on any atom is -0.378 e. The first-order valence-corrected chi connectivity index (χ1v) is 8.92. The number of aromatic amines is 1. The SMILES string of the molecule is O=C(Nc1ccn(CC(=O)N2CCOCC2)n1)c1cc(=O)[nH]c2ccccc12. The molecule has 1 fully saturated rings. The van der Waals surface area contributed by atoms with E-state index in [1.54, 1.807) is 41.4 Å². The fourth-order valence-corrected chi connectivity index (χ4v) is 3.14. The summed E-state index contributed by atoms with van der Waals surface area (Å²) in [4.78, 5) is 41.2. The van der Waals surface area contributed by atoms with Gasteiger partial charge in [0.1, 0.15) is 6.54 Å². The predicted molar refractivity (Wildman–Crippen MR) is 102 cm³/mol. The lowest BCUT2D eigenvalue weighted by Gasteiger charge is -2.26. The topological polar surface area (TPSA) is 109 Å². The number of nitrogens with one attached hydrogen (secondary N) is 2. The summed E-state index contributed by atoms with van der Waals surface area (Å²) in [6.45, 7) is 2.30. The molecule has 1 aliphatic heterocycles. The Morgan fingerprint density at radius 1 is 1.18 bits per heavy atom. The van der Waals surface area contributed by atoms with Crippen LogP contribution in [0.3, 0.4) is 0 Å². The summed E-state index contributed by atoms with van der Waals surface area (Å²) in [5.74, 6) is -0.180. The first-order valence-electron chi connectivity index (χ1n) is 8.92. The maximum atomic E-state index is 12.7. The lowest BCUT2D eigenvalue weighted by molar-refractivity contribution is -0.136. The number of rotatable bonds is 4. The molecule has 1 aliphatic rings. The predicted octanol–water partition coefficient (Wildman–Crippen LogP) is 0.836. The molecule has 9 heteroatoms. The summed E-state index contributed by atoms with van der Waals surface area (Å²) in [7, 11) is 0. The van der Waals surface area contributed by atoms with Crippen LogP contribution in [0.4, 0.5) is 5.82 Å². The number of aromatic nitrogens is 3. The number of hydrogen-bond donors (Lipinski definition) is 2. The van der Waals surface area contributed by atoms with E-state index in [1.807, 2.05) is 0 Å².